The van der Waals surface area contributed by atoms with E-state index in [0.29, 0.717) is 23.4 Å². The highest BCUT2D eigenvalue weighted by Crippen LogP contribution is 2.28. The zero-order valence-electron chi connectivity index (χ0n) is 24.1. The van der Waals surface area contributed by atoms with Gasteiger partial charge in [0.05, 0.1) is 7.11 Å². The quantitative estimate of drug-likeness (QED) is 0.405. The van der Waals surface area contributed by atoms with Gasteiger partial charge in [-0.1, -0.05) is 43.7 Å². The molecule has 0 saturated heterocycles. The second-order valence-corrected chi connectivity index (χ2v) is 11.2. The Morgan fingerprint density at radius 1 is 0.974 bits per heavy atom. The van der Waals surface area contributed by atoms with E-state index >= 15 is 0 Å². The maximum absolute atomic E-state index is 14.1. The number of carbonyl (C=O) groups excluding carboxylic acids is 3. The smallest absolute Gasteiger partial charge is 0.408 e. The van der Waals surface area contributed by atoms with Crippen LogP contribution in [0.1, 0.15) is 72.1 Å². The molecule has 208 valence electrons. The molecule has 38 heavy (non-hydrogen) atoms. The molecule has 0 fully saturated rings. The number of methoxy groups -OCH3 is 1. The number of nitrogens with one attached hydrogen (secondary N) is 2. The average molecular weight is 526 g/mol. The normalized spacial score (nSPS) is 13.0. The first-order valence-corrected chi connectivity index (χ1v) is 13.0. The fraction of sp³-hybridized carbons (Fsp3) is 0.500. The summed E-state index contributed by atoms with van der Waals surface area (Å²) in [6.07, 6.45) is -0.280. The molecule has 0 radical (unpaired) electrons. The number of nitrogens with zero attached hydrogens (tertiary/aromatic N) is 1. The Balaban J connectivity index is 2.50. The van der Waals surface area contributed by atoms with Gasteiger partial charge in [-0.3, -0.25) is 9.59 Å². The van der Waals surface area contributed by atoms with Gasteiger partial charge in [-0.05, 0) is 83.7 Å². The predicted molar refractivity (Wildman–Crippen MR) is 150 cm³/mol. The Morgan fingerprint density at radius 2 is 1.61 bits per heavy atom. The van der Waals surface area contributed by atoms with Gasteiger partial charge in [-0.2, -0.15) is 0 Å². The molecule has 0 spiro atoms. The third-order valence-corrected chi connectivity index (χ3v) is 5.75. The molecule has 2 aromatic rings. The van der Waals surface area contributed by atoms with Gasteiger partial charge in [-0.15, -0.1) is 0 Å². The number of rotatable bonds is 10. The second-order valence-electron chi connectivity index (χ2n) is 11.2. The lowest BCUT2D eigenvalue weighted by Gasteiger charge is -2.37. The van der Waals surface area contributed by atoms with Gasteiger partial charge in [0.15, 0.2) is 0 Å². The summed E-state index contributed by atoms with van der Waals surface area (Å²) in [6.45, 7) is 14.9. The van der Waals surface area contributed by atoms with Crippen LogP contribution in [0.2, 0.25) is 0 Å². The van der Waals surface area contributed by atoms with Crippen LogP contribution in [0.25, 0.3) is 0 Å². The van der Waals surface area contributed by atoms with Crippen LogP contribution in [0.4, 0.5) is 10.5 Å². The molecule has 8 nitrogen and oxygen atoms in total. The maximum atomic E-state index is 14.1. The Kier molecular flexibility index (Phi) is 10.7. The van der Waals surface area contributed by atoms with Crippen molar-refractivity contribution in [2.45, 2.75) is 85.5 Å². The van der Waals surface area contributed by atoms with E-state index in [-0.39, 0.29) is 23.8 Å². The van der Waals surface area contributed by atoms with Crippen molar-refractivity contribution in [2.24, 2.45) is 5.92 Å². The monoisotopic (exact) mass is 525 g/mol. The predicted octanol–water partition coefficient (Wildman–Crippen LogP) is 5.86. The number of amides is 3. The molecule has 0 bridgehead atoms. The van der Waals surface area contributed by atoms with Crippen molar-refractivity contribution >= 4 is 23.6 Å². The van der Waals surface area contributed by atoms with Crippen LogP contribution in [0.3, 0.4) is 0 Å². The summed E-state index contributed by atoms with van der Waals surface area (Å²) in [5.41, 5.74) is 1.51. The summed E-state index contributed by atoms with van der Waals surface area (Å²) in [5, 5.41) is 5.71. The number of alkyl carbamates (subject to hydrolysis) is 1. The number of ether oxygens (including phenoxy) is 2. The van der Waals surface area contributed by atoms with Gasteiger partial charge in [0.2, 0.25) is 5.91 Å². The van der Waals surface area contributed by atoms with Gasteiger partial charge in [0, 0.05) is 11.7 Å². The first kappa shape index (κ1) is 30.7. The summed E-state index contributed by atoms with van der Waals surface area (Å²) >= 11 is 0. The summed E-state index contributed by atoms with van der Waals surface area (Å²) in [5.74, 6) is 0.0692. The van der Waals surface area contributed by atoms with Crippen LogP contribution in [0.15, 0.2) is 48.5 Å². The van der Waals surface area contributed by atoms with Crippen molar-refractivity contribution in [3.63, 3.8) is 0 Å². The van der Waals surface area contributed by atoms with Crippen molar-refractivity contribution in [3.05, 3.63) is 59.7 Å². The van der Waals surface area contributed by atoms with Crippen LogP contribution in [0, 0.1) is 12.8 Å². The minimum atomic E-state index is -0.931. The maximum Gasteiger partial charge on any atom is 0.408 e. The molecule has 3 amide bonds. The molecular formula is C30H43N3O5. The minimum absolute atomic E-state index is 0.110. The molecule has 0 heterocycles. The highest BCUT2D eigenvalue weighted by Gasteiger charge is 2.38. The van der Waals surface area contributed by atoms with E-state index in [1.807, 2.05) is 58.9 Å². The van der Waals surface area contributed by atoms with Crippen molar-refractivity contribution < 1.29 is 23.9 Å². The molecule has 0 aliphatic heterocycles. The standard InChI is InChI=1S/C30H43N3O5/c1-19(2)17-25(32-29(36)38-30(6,7)8)28(35)33(20(3)4)26(22-12-10-11-21(5)18-22)27(34)31-23-13-15-24(37-9)16-14-23/h10-16,18-20,25-26H,17H2,1-9H3,(H,31,34)(H,32,36). The van der Waals surface area contributed by atoms with Crippen LogP contribution in [-0.4, -0.2) is 47.6 Å². The zero-order chi connectivity index (χ0) is 28.6. The number of benzene rings is 2. The fourth-order valence-corrected chi connectivity index (χ4v) is 4.17. The van der Waals surface area contributed by atoms with E-state index in [4.69, 9.17) is 9.47 Å². The van der Waals surface area contributed by atoms with Gasteiger partial charge in [0.25, 0.3) is 5.91 Å². The van der Waals surface area contributed by atoms with Crippen LogP contribution in [-0.2, 0) is 14.3 Å². The molecule has 8 heteroatoms. The van der Waals surface area contributed by atoms with Crippen molar-refractivity contribution in [3.8, 4) is 5.75 Å². The lowest BCUT2D eigenvalue weighted by atomic mass is 9.97. The van der Waals surface area contributed by atoms with Crippen LogP contribution in [0.5, 0.6) is 5.75 Å². The van der Waals surface area contributed by atoms with Crippen LogP contribution < -0.4 is 15.4 Å². The third-order valence-electron chi connectivity index (χ3n) is 5.75. The molecule has 2 N–H and O–H groups in total. The molecule has 2 rings (SSSR count). The number of aryl methyl sites for hydroxylation is 1. The minimum Gasteiger partial charge on any atom is -0.497 e. The Morgan fingerprint density at radius 3 is 2.11 bits per heavy atom. The highest BCUT2D eigenvalue weighted by atomic mass is 16.6. The first-order chi connectivity index (χ1) is 17.7. The second kappa shape index (κ2) is 13.3. The van der Waals surface area contributed by atoms with Gasteiger partial charge in [0.1, 0.15) is 23.4 Å². The van der Waals surface area contributed by atoms with E-state index < -0.39 is 23.8 Å². The number of hydrogen-bond donors (Lipinski definition) is 2. The third kappa shape index (κ3) is 9.08. The lowest BCUT2D eigenvalue weighted by Crippen LogP contribution is -2.54. The lowest BCUT2D eigenvalue weighted by molar-refractivity contribution is -0.143. The zero-order valence-corrected chi connectivity index (χ0v) is 24.1. The molecular weight excluding hydrogens is 482 g/mol. The Hall–Kier alpha value is -3.55. The fourth-order valence-electron chi connectivity index (χ4n) is 4.17. The summed E-state index contributed by atoms with van der Waals surface area (Å²) in [6, 6.07) is 12.4. The Bertz CT molecular complexity index is 1090. The first-order valence-electron chi connectivity index (χ1n) is 13.0. The molecule has 0 aliphatic rings. The van der Waals surface area contributed by atoms with E-state index in [9.17, 15) is 14.4 Å². The van der Waals surface area contributed by atoms with Gasteiger partial charge < -0.3 is 25.0 Å². The van der Waals surface area contributed by atoms with Crippen LogP contribution >= 0.6 is 0 Å². The SMILES string of the molecule is COc1ccc(NC(=O)C(c2cccc(C)c2)N(C(=O)C(CC(C)C)NC(=O)OC(C)(C)C)C(C)C)cc1. The average Bonchev–Trinajstić information content (AvgIpc) is 2.80. The molecule has 0 aromatic heterocycles. The molecule has 2 aromatic carbocycles. The summed E-state index contributed by atoms with van der Waals surface area (Å²) in [4.78, 5) is 42.2. The molecule has 0 aliphatic carbocycles. The van der Waals surface area contributed by atoms with Gasteiger partial charge in [-0.25, -0.2) is 4.79 Å². The van der Waals surface area contributed by atoms with E-state index in [1.165, 1.54) is 0 Å². The largest absolute Gasteiger partial charge is 0.497 e. The molecule has 0 saturated carbocycles. The van der Waals surface area contributed by atoms with E-state index in [0.717, 1.165) is 5.56 Å². The van der Waals surface area contributed by atoms with Crippen molar-refractivity contribution in [2.75, 3.05) is 12.4 Å². The van der Waals surface area contributed by atoms with Crippen molar-refractivity contribution in [1.29, 1.82) is 0 Å². The highest BCUT2D eigenvalue weighted by molar-refractivity contribution is 5.99. The molecule has 2 unspecified atom stereocenters. The number of hydrogen-bond acceptors (Lipinski definition) is 5. The topological polar surface area (TPSA) is 97.0 Å². The number of anilines is 1. The van der Waals surface area contributed by atoms with E-state index in [2.05, 4.69) is 10.6 Å². The molecule has 2 atom stereocenters. The Labute approximate surface area is 227 Å². The van der Waals surface area contributed by atoms with Gasteiger partial charge >= 0.3 is 6.09 Å². The number of carbonyl (C=O) groups is 3. The summed E-state index contributed by atoms with van der Waals surface area (Å²) < 4.78 is 10.7. The van der Waals surface area contributed by atoms with E-state index in [1.54, 1.807) is 57.0 Å². The summed E-state index contributed by atoms with van der Waals surface area (Å²) in [7, 11) is 1.58. The van der Waals surface area contributed by atoms with Crippen molar-refractivity contribution in [1.82, 2.24) is 10.2 Å².